The second kappa shape index (κ2) is 11.5. The van der Waals surface area contributed by atoms with Crippen LogP contribution in [-0.2, 0) is 13.1 Å². The van der Waals surface area contributed by atoms with Crippen molar-refractivity contribution in [1.29, 1.82) is 5.26 Å². The summed E-state index contributed by atoms with van der Waals surface area (Å²) in [7, 11) is 1.69. The minimum atomic E-state index is -0.116. The van der Waals surface area contributed by atoms with Crippen molar-refractivity contribution >= 4 is 15.9 Å². The molecule has 0 saturated carbocycles. The molecule has 0 heterocycles. The number of alkyl halides is 1. The molecule has 0 aliphatic heterocycles. The number of rotatable bonds is 10. The van der Waals surface area contributed by atoms with Crippen molar-refractivity contribution in [2.45, 2.75) is 30.3 Å². The van der Waals surface area contributed by atoms with Crippen molar-refractivity contribution in [3.63, 3.8) is 0 Å². The average molecular weight is 463 g/mol. The summed E-state index contributed by atoms with van der Waals surface area (Å²) < 4.78 is 5.28. The maximum Gasteiger partial charge on any atom is 0.118 e. The molecule has 0 aliphatic rings. The molecule has 2 unspecified atom stereocenters. The van der Waals surface area contributed by atoms with Crippen LogP contribution >= 0.6 is 15.9 Å². The zero-order chi connectivity index (χ0) is 21.2. The standard InChI is InChI=1S/C26H27BrN2O/c1-30-26-14-12-22(13-15-26)19-29(18-21-8-4-2-5-9-21)20-25(27)16-24(17-28)23-10-6-3-7-11-23/h2-15,24-25H,16,18-20H2,1H3. The van der Waals surface area contributed by atoms with E-state index >= 15 is 0 Å². The minimum Gasteiger partial charge on any atom is -0.497 e. The van der Waals surface area contributed by atoms with Gasteiger partial charge in [0.25, 0.3) is 0 Å². The van der Waals surface area contributed by atoms with Crippen LogP contribution in [0.25, 0.3) is 0 Å². The summed E-state index contributed by atoms with van der Waals surface area (Å²) >= 11 is 3.85. The molecule has 0 fully saturated rings. The molecule has 3 aromatic rings. The van der Waals surface area contributed by atoms with Gasteiger partial charge in [0.2, 0.25) is 0 Å². The Morgan fingerprint density at radius 1 is 0.867 bits per heavy atom. The van der Waals surface area contributed by atoms with E-state index in [1.807, 2.05) is 48.5 Å². The Kier molecular flexibility index (Phi) is 8.50. The van der Waals surface area contributed by atoms with Gasteiger partial charge in [-0.15, -0.1) is 0 Å². The molecule has 3 rings (SSSR count). The number of methoxy groups -OCH3 is 1. The maximum absolute atomic E-state index is 9.69. The lowest BCUT2D eigenvalue weighted by Crippen LogP contribution is -2.30. The topological polar surface area (TPSA) is 36.3 Å². The summed E-state index contributed by atoms with van der Waals surface area (Å²) in [4.78, 5) is 2.64. The third-order valence-electron chi connectivity index (χ3n) is 5.12. The number of halogens is 1. The Morgan fingerprint density at radius 3 is 2.00 bits per heavy atom. The van der Waals surface area contributed by atoms with Gasteiger partial charge in [-0.3, -0.25) is 4.90 Å². The van der Waals surface area contributed by atoms with E-state index in [1.165, 1.54) is 11.1 Å². The fourth-order valence-corrected chi connectivity index (χ4v) is 4.36. The molecule has 30 heavy (non-hydrogen) atoms. The quantitative estimate of drug-likeness (QED) is 0.338. The van der Waals surface area contributed by atoms with Crippen LogP contribution in [0.2, 0.25) is 0 Å². The predicted octanol–water partition coefficient (Wildman–Crippen LogP) is 6.16. The summed E-state index contributed by atoms with van der Waals surface area (Å²) in [5, 5.41) is 9.69. The molecule has 0 amide bonds. The molecule has 154 valence electrons. The first-order chi connectivity index (χ1) is 14.7. The smallest absolute Gasteiger partial charge is 0.118 e. The number of hydrogen-bond donors (Lipinski definition) is 0. The van der Waals surface area contributed by atoms with Gasteiger partial charge in [-0.05, 0) is 35.2 Å². The molecule has 4 heteroatoms. The van der Waals surface area contributed by atoms with Crippen molar-refractivity contribution in [3.8, 4) is 11.8 Å². The second-order valence-corrected chi connectivity index (χ2v) is 8.72. The van der Waals surface area contributed by atoms with Gasteiger partial charge in [0.05, 0.1) is 19.1 Å². The van der Waals surface area contributed by atoms with Crippen LogP contribution in [0.4, 0.5) is 0 Å². The Hall–Kier alpha value is -2.61. The van der Waals surface area contributed by atoms with Crippen LogP contribution < -0.4 is 4.74 Å². The SMILES string of the molecule is COc1ccc(CN(Cc2ccccc2)CC(Br)CC(C#N)c2ccccc2)cc1. The van der Waals surface area contributed by atoms with Crippen LogP contribution in [-0.4, -0.2) is 23.4 Å². The van der Waals surface area contributed by atoms with Gasteiger partial charge < -0.3 is 4.74 Å². The van der Waals surface area contributed by atoms with Crippen LogP contribution in [0.1, 0.15) is 29.0 Å². The zero-order valence-corrected chi connectivity index (χ0v) is 18.8. The van der Waals surface area contributed by atoms with E-state index in [2.05, 4.69) is 63.3 Å². The van der Waals surface area contributed by atoms with E-state index < -0.39 is 0 Å². The second-order valence-electron chi connectivity index (χ2n) is 7.43. The fraction of sp³-hybridized carbons (Fsp3) is 0.269. The highest BCUT2D eigenvalue weighted by molar-refractivity contribution is 9.09. The summed E-state index contributed by atoms with van der Waals surface area (Å²) in [6.07, 6.45) is 0.772. The van der Waals surface area contributed by atoms with Gasteiger partial charge >= 0.3 is 0 Å². The third kappa shape index (κ3) is 6.73. The van der Waals surface area contributed by atoms with Gasteiger partial charge in [0.15, 0.2) is 0 Å². The molecular formula is C26H27BrN2O. The summed E-state index contributed by atoms with van der Waals surface area (Å²) in [5.74, 6) is 0.751. The lowest BCUT2D eigenvalue weighted by molar-refractivity contribution is 0.255. The summed E-state index contributed by atoms with van der Waals surface area (Å²) in [5.41, 5.74) is 3.60. The Morgan fingerprint density at radius 2 is 1.43 bits per heavy atom. The molecular weight excluding hydrogens is 436 g/mol. The van der Waals surface area contributed by atoms with E-state index in [1.54, 1.807) is 7.11 Å². The van der Waals surface area contributed by atoms with E-state index in [4.69, 9.17) is 4.74 Å². The van der Waals surface area contributed by atoms with Gasteiger partial charge in [-0.25, -0.2) is 0 Å². The van der Waals surface area contributed by atoms with Crippen LogP contribution in [0, 0.1) is 11.3 Å². The molecule has 3 nitrogen and oxygen atoms in total. The summed E-state index contributed by atoms with van der Waals surface area (Å²) in [6, 6.07) is 31.3. The first-order valence-corrected chi connectivity index (χ1v) is 11.1. The first kappa shape index (κ1) is 22.1. The van der Waals surface area contributed by atoms with Gasteiger partial charge in [0, 0.05) is 24.5 Å². The highest BCUT2D eigenvalue weighted by Crippen LogP contribution is 2.25. The van der Waals surface area contributed by atoms with E-state index in [0.717, 1.165) is 37.4 Å². The van der Waals surface area contributed by atoms with E-state index in [9.17, 15) is 5.26 Å². The van der Waals surface area contributed by atoms with Crippen molar-refractivity contribution in [1.82, 2.24) is 4.90 Å². The Balaban J connectivity index is 1.69. The predicted molar refractivity (Wildman–Crippen MR) is 126 cm³/mol. The number of nitrogens with zero attached hydrogens (tertiary/aromatic N) is 2. The van der Waals surface area contributed by atoms with Crippen molar-refractivity contribution in [2.75, 3.05) is 13.7 Å². The van der Waals surface area contributed by atoms with Crippen LogP contribution in [0.15, 0.2) is 84.9 Å². The fourth-order valence-electron chi connectivity index (χ4n) is 3.57. The number of hydrogen-bond acceptors (Lipinski definition) is 3. The third-order valence-corrected chi connectivity index (χ3v) is 5.78. The van der Waals surface area contributed by atoms with Crippen molar-refractivity contribution < 1.29 is 4.74 Å². The zero-order valence-electron chi connectivity index (χ0n) is 17.2. The van der Waals surface area contributed by atoms with Gasteiger partial charge in [0.1, 0.15) is 5.75 Å². The lowest BCUT2D eigenvalue weighted by atomic mass is 9.95. The molecule has 0 aliphatic carbocycles. The Bertz CT molecular complexity index is 923. The van der Waals surface area contributed by atoms with Crippen molar-refractivity contribution in [3.05, 3.63) is 102 Å². The van der Waals surface area contributed by atoms with Crippen LogP contribution in [0.3, 0.4) is 0 Å². The molecule has 0 radical (unpaired) electrons. The molecule has 0 bridgehead atoms. The van der Waals surface area contributed by atoms with Gasteiger partial charge in [-0.2, -0.15) is 5.26 Å². The molecule has 0 N–H and O–H groups in total. The maximum atomic E-state index is 9.69. The summed E-state index contributed by atoms with van der Waals surface area (Å²) in [6.45, 7) is 2.55. The molecule has 0 saturated heterocycles. The molecule has 3 aromatic carbocycles. The molecule has 0 spiro atoms. The largest absolute Gasteiger partial charge is 0.497 e. The van der Waals surface area contributed by atoms with E-state index in [-0.39, 0.29) is 10.7 Å². The lowest BCUT2D eigenvalue weighted by Gasteiger charge is -2.26. The molecule has 0 aromatic heterocycles. The minimum absolute atomic E-state index is 0.116. The Labute approximate surface area is 188 Å². The number of benzene rings is 3. The van der Waals surface area contributed by atoms with E-state index in [0.29, 0.717) is 0 Å². The van der Waals surface area contributed by atoms with Gasteiger partial charge in [-0.1, -0.05) is 88.7 Å². The number of nitriles is 1. The number of ether oxygens (including phenoxy) is 1. The van der Waals surface area contributed by atoms with Crippen molar-refractivity contribution in [2.24, 2.45) is 0 Å². The molecule has 2 atom stereocenters. The first-order valence-electron chi connectivity index (χ1n) is 10.2. The highest BCUT2D eigenvalue weighted by Gasteiger charge is 2.19. The average Bonchev–Trinajstić information content (AvgIpc) is 2.79. The highest BCUT2D eigenvalue weighted by atomic mass is 79.9. The normalized spacial score (nSPS) is 12.9. The monoisotopic (exact) mass is 462 g/mol. The van der Waals surface area contributed by atoms with Crippen LogP contribution in [0.5, 0.6) is 5.75 Å².